The first kappa shape index (κ1) is 21.3. The van der Waals surface area contributed by atoms with E-state index in [0.29, 0.717) is 30.8 Å². The van der Waals surface area contributed by atoms with Crippen molar-refractivity contribution in [3.8, 4) is 0 Å². The number of nitro benzene ring substituents is 1. The Morgan fingerprint density at radius 3 is 2.89 bits per heavy atom. The van der Waals surface area contributed by atoms with E-state index < -0.39 is 34.0 Å². The van der Waals surface area contributed by atoms with E-state index in [1.54, 1.807) is 6.92 Å². The first-order valence-electron chi connectivity index (χ1n) is 8.16. The SMILES string of the molecule is CCOC(=O)n1nc(NC(=O)c2c(F)cccc2[N+](=O)[O-])c2c1CCNC2.Cl. The number of hydrogen-bond donors (Lipinski definition) is 2. The Hall–Kier alpha value is -3.05. The molecule has 150 valence electrons. The second-order valence-electron chi connectivity index (χ2n) is 5.66. The summed E-state index contributed by atoms with van der Waals surface area (Å²) in [6, 6.07) is 3.13. The van der Waals surface area contributed by atoms with Crippen LogP contribution in [0.15, 0.2) is 18.2 Å². The van der Waals surface area contributed by atoms with Gasteiger partial charge in [0.05, 0.1) is 17.2 Å². The zero-order valence-corrected chi connectivity index (χ0v) is 15.5. The molecule has 10 nitrogen and oxygen atoms in total. The third-order valence-electron chi connectivity index (χ3n) is 4.02. The number of hydrogen-bond acceptors (Lipinski definition) is 7. The first-order chi connectivity index (χ1) is 12.9. The zero-order chi connectivity index (χ0) is 19.6. The van der Waals surface area contributed by atoms with Gasteiger partial charge in [0.2, 0.25) is 0 Å². The Kier molecular flexibility index (Phi) is 6.65. The van der Waals surface area contributed by atoms with Crippen LogP contribution in [0.5, 0.6) is 0 Å². The van der Waals surface area contributed by atoms with Crippen LogP contribution in [0.2, 0.25) is 0 Å². The Balaban J connectivity index is 0.00000280. The van der Waals surface area contributed by atoms with Crippen LogP contribution in [-0.2, 0) is 17.7 Å². The fraction of sp³-hybridized carbons (Fsp3) is 0.312. The number of nitrogens with one attached hydrogen (secondary N) is 2. The molecule has 1 aliphatic rings. The van der Waals surface area contributed by atoms with Crippen LogP contribution in [0.25, 0.3) is 0 Å². The number of anilines is 1. The minimum Gasteiger partial charge on any atom is -0.448 e. The number of rotatable bonds is 4. The molecule has 1 amide bonds. The topological polar surface area (TPSA) is 128 Å². The first-order valence-corrected chi connectivity index (χ1v) is 8.16. The summed E-state index contributed by atoms with van der Waals surface area (Å²) < 4.78 is 20.1. The van der Waals surface area contributed by atoms with E-state index in [0.717, 1.165) is 22.9 Å². The van der Waals surface area contributed by atoms with Gasteiger partial charge < -0.3 is 15.4 Å². The minimum absolute atomic E-state index is 0. The molecular formula is C16H17ClFN5O5. The summed E-state index contributed by atoms with van der Waals surface area (Å²) in [5.41, 5.74) is -0.262. The molecule has 2 N–H and O–H groups in total. The summed E-state index contributed by atoms with van der Waals surface area (Å²) in [6.07, 6.45) is -0.232. The molecule has 1 aromatic heterocycles. The molecule has 28 heavy (non-hydrogen) atoms. The fourth-order valence-electron chi connectivity index (χ4n) is 2.84. The lowest BCUT2D eigenvalue weighted by molar-refractivity contribution is -0.385. The van der Waals surface area contributed by atoms with E-state index in [4.69, 9.17) is 4.74 Å². The van der Waals surface area contributed by atoms with Gasteiger partial charge in [-0.1, -0.05) is 6.07 Å². The molecule has 2 aromatic rings. The predicted octanol–water partition coefficient (Wildman–Crippen LogP) is 2.25. The van der Waals surface area contributed by atoms with Crippen molar-refractivity contribution in [2.45, 2.75) is 19.9 Å². The van der Waals surface area contributed by atoms with Gasteiger partial charge in [0, 0.05) is 31.1 Å². The second-order valence-corrected chi connectivity index (χ2v) is 5.66. The lowest BCUT2D eigenvalue weighted by atomic mass is 10.1. The molecule has 0 spiro atoms. The van der Waals surface area contributed by atoms with Crippen molar-refractivity contribution >= 4 is 35.9 Å². The van der Waals surface area contributed by atoms with Gasteiger partial charge in [-0.15, -0.1) is 17.5 Å². The number of nitrogens with zero attached hydrogens (tertiary/aromatic N) is 3. The number of nitro groups is 1. The van der Waals surface area contributed by atoms with Gasteiger partial charge in [0.15, 0.2) is 11.4 Å². The highest BCUT2D eigenvalue weighted by atomic mass is 35.5. The number of halogens is 2. The maximum Gasteiger partial charge on any atom is 0.434 e. The van der Waals surface area contributed by atoms with Gasteiger partial charge in [-0.05, 0) is 13.0 Å². The molecule has 12 heteroatoms. The molecule has 1 aromatic carbocycles. The van der Waals surface area contributed by atoms with Crippen molar-refractivity contribution in [2.24, 2.45) is 0 Å². The van der Waals surface area contributed by atoms with E-state index in [2.05, 4.69) is 15.7 Å². The van der Waals surface area contributed by atoms with Gasteiger partial charge in [0.25, 0.3) is 11.6 Å². The minimum atomic E-state index is -1.03. The van der Waals surface area contributed by atoms with Crippen molar-refractivity contribution in [3.63, 3.8) is 0 Å². The molecule has 0 unspecified atom stereocenters. The van der Waals surface area contributed by atoms with E-state index in [-0.39, 0.29) is 24.8 Å². The van der Waals surface area contributed by atoms with Crippen LogP contribution in [-0.4, -0.2) is 39.9 Å². The third kappa shape index (κ3) is 3.94. The van der Waals surface area contributed by atoms with Crippen molar-refractivity contribution in [3.05, 3.63) is 51.0 Å². The van der Waals surface area contributed by atoms with Gasteiger partial charge in [0.1, 0.15) is 5.82 Å². The van der Waals surface area contributed by atoms with Crippen LogP contribution in [0.3, 0.4) is 0 Å². The monoisotopic (exact) mass is 413 g/mol. The van der Waals surface area contributed by atoms with Gasteiger partial charge >= 0.3 is 6.09 Å². The van der Waals surface area contributed by atoms with E-state index in [9.17, 15) is 24.1 Å². The molecule has 0 fully saturated rings. The summed E-state index contributed by atoms with van der Waals surface area (Å²) in [5.74, 6) is -2.03. The summed E-state index contributed by atoms with van der Waals surface area (Å²) in [7, 11) is 0. The Bertz CT molecular complexity index is 932. The van der Waals surface area contributed by atoms with Gasteiger partial charge in [-0.3, -0.25) is 14.9 Å². The molecule has 0 radical (unpaired) electrons. The zero-order valence-electron chi connectivity index (χ0n) is 14.7. The maximum atomic E-state index is 14.1. The molecule has 1 aliphatic heterocycles. The molecule has 0 aliphatic carbocycles. The predicted molar refractivity (Wildman–Crippen MR) is 98.3 cm³/mol. The number of aromatic nitrogens is 2. The smallest absolute Gasteiger partial charge is 0.434 e. The quantitative estimate of drug-likeness (QED) is 0.581. The van der Waals surface area contributed by atoms with Crippen LogP contribution in [0.4, 0.5) is 20.7 Å². The number of fused-ring (bicyclic) bond motifs is 1. The largest absolute Gasteiger partial charge is 0.448 e. The highest BCUT2D eigenvalue weighted by molar-refractivity contribution is 6.07. The normalized spacial score (nSPS) is 12.5. The summed E-state index contributed by atoms with van der Waals surface area (Å²) >= 11 is 0. The number of carbonyl (C=O) groups is 2. The van der Waals surface area contributed by atoms with Crippen LogP contribution in [0, 0.1) is 15.9 Å². The van der Waals surface area contributed by atoms with Crippen molar-refractivity contribution < 1.29 is 23.6 Å². The molecule has 0 bridgehead atoms. The second kappa shape index (κ2) is 8.76. The third-order valence-corrected chi connectivity index (χ3v) is 4.02. The number of ether oxygens (including phenoxy) is 1. The Morgan fingerprint density at radius 2 is 2.21 bits per heavy atom. The van der Waals surface area contributed by atoms with Crippen LogP contribution in [0.1, 0.15) is 28.5 Å². The van der Waals surface area contributed by atoms with Crippen molar-refractivity contribution in [1.82, 2.24) is 15.1 Å². The highest BCUT2D eigenvalue weighted by Crippen LogP contribution is 2.26. The number of benzene rings is 1. The lowest BCUT2D eigenvalue weighted by Crippen LogP contribution is -2.27. The van der Waals surface area contributed by atoms with Gasteiger partial charge in [-0.25, -0.2) is 9.18 Å². The summed E-state index contributed by atoms with van der Waals surface area (Å²) in [4.78, 5) is 34.8. The van der Waals surface area contributed by atoms with Crippen LogP contribution >= 0.6 is 12.4 Å². The van der Waals surface area contributed by atoms with Crippen molar-refractivity contribution in [1.29, 1.82) is 0 Å². The average molecular weight is 414 g/mol. The van der Waals surface area contributed by atoms with Crippen LogP contribution < -0.4 is 10.6 Å². The lowest BCUT2D eigenvalue weighted by Gasteiger charge is -2.14. The molecular weight excluding hydrogens is 397 g/mol. The Morgan fingerprint density at radius 1 is 1.46 bits per heavy atom. The highest BCUT2D eigenvalue weighted by Gasteiger charge is 2.29. The average Bonchev–Trinajstić information content (AvgIpc) is 3.00. The summed E-state index contributed by atoms with van der Waals surface area (Å²) in [5, 5.41) is 20.6. The molecule has 0 saturated heterocycles. The molecule has 3 rings (SSSR count). The molecule has 0 atom stereocenters. The van der Waals surface area contributed by atoms with Crippen molar-refractivity contribution in [2.75, 3.05) is 18.5 Å². The van der Waals surface area contributed by atoms with E-state index in [1.165, 1.54) is 0 Å². The van der Waals surface area contributed by atoms with E-state index in [1.807, 2.05) is 0 Å². The standard InChI is InChI=1S/C16H16FN5O5.ClH/c1-2-27-16(24)21-11-6-7-18-8-9(11)14(20-21)19-15(23)13-10(17)4-3-5-12(13)22(25)26;/h3-5,18H,2,6-8H2,1H3,(H,19,20,23);1H. The van der Waals surface area contributed by atoms with E-state index >= 15 is 0 Å². The van der Waals surface area contributed by atoms with Gasteiger partial charge in [-0.2, -0.15) is 4.68 Å². The number of carbonyl (C=O) groups excluding carboxylic acids is 2. The maximum absolute atomic E-state index is 14.1. The fourth-order valence-corrected chi connectivity index (χ4v) is 2.84. The molecule has 2 heterocycles. The summed E-state index contributed by atoms with van der Waals surface area (Å²) in [6.45, 7) is 2.72. The Labute approximate surface area is 164 Å². The number of amides is 1. The molecule has 0 saturated carbocycles.